The van der Waals surface area contributed by atoms with E-state index in [0.29, 0.717) is 44.2 Å². The molecule has 2 aromatic carbocycles. The van der Waals surface area contributed by atoms with Gasteiger partial charge in [0.25, 0.3) is 0 Å². The highest BCUT2D eigenvalue weighted by atomic mass is 19.1. The minimum Gasteiger partial charge on any atom is -0.378 e. The topological polar surface area (TPSA) is 53.6 Å². The van der Waals surface area contributed by atoms with Gasteiger partial charge in [-0.2, -0.15) is 0 Å². The van der Waals surface area contributed by atoms with E-state index in [2.05, 4.69) is 10.6 Å². The zero-order chi connectivity index (χ0) is 17.6. The predicted molar refractivity (Wildman–Crippen MR) is 96.5 cm³/mol. The molecule has 0 saturated carbocycles. The number of carbonyl (C=O) groups is 1. The van der Waals surface area contributed by atoms with Crippen LogP contribution in [0.1, 0.15) is 11.1 Å². The van der Waals surface area contributed by atoms with E-state index in [9.17, 15) is 9.18 Å². The van der Waals surface area contributed by atoms with Gasteiger partial charge in [-0.3, -0.25) is 0 Å². The molecular weight excluding hydrogens is 321 g/mol. The number of benzene rings is 2. The molecule has 132 valence electrons. The number of halogens is 1. The lowest BCUT2D eigenvalue weighted by molar-refractivity contribution is 0.122. The Labute approximate surface area is 146 Å². The highest BCUT2D eigenvalue weighted by Crippen LogP contribution is 2.23. The Hall–Kier alpha value is -2.60. The van der Waals surface area contributed by atoms with Crippen molar-refractivity contribution in [3.8, 4) is 0 Å². The highest BCUT2D eigenvalue weighted by molar-refractivity contribution is 5.89. The second-order valence-corrected chi connectivity index (χ2v) is 6.06. The third-order valence-electron chi connectivity index (χ3n) is 4.13. The molecule has 0 atom stereocenters. The van der Waals surface area contributed by atoms with Crippen molar-refractivity contribution in [2.75, 3.05) is 36.5 Å². The van der Waals surface area contributed by atoms with E-state index >= 15 is 0 Å². The number of rotatable bonds is 4. The van der Waals surface area contributed by atoms with Crippen molar-refractivity contribution in [3.05, 3.63) is 59.4 Å². The van der Waals surface area contributed by atoms with Crippen molar-refractivity contribution >= 4 is 17.4 Å². The first-order valence-corrected chi connectivity index (χ1v) is 8.34. The Morgan fingerprint density at radius 1 is 1.16 bits per heavy atom. The average molecular weight is 343 g/mol. The van der Waals surface area contributed by atoms with Gasteiger partial charge in [0.1, 0.15) is 5.82 Å². The zero-order valence-corrected chi connectivity index (χ0v) is 14.2. The number of aryl methyl sites for hydroxylation is 1. The molecule has 0 aromatic heterocycles. The van der Waals surface area contributed by atoms with Crippen LogP contribution in [0.4, 0.5) is 20.6 Å². The summed E-state index contributed by atoms with van der Waals surface area (Å²) in [6, 6.07) is 12.3. The Morgan fingerprint density at radius 3 is 2.56 bits per heavy atom. The summed E-state index contributed by atoms with van der Waals surface area (Å²) < 4.78 is 19.6. The number of anilines is 2. The molecule has 5 nitrogen and oxygen atoms in total. The molecule has 2 aromatic rings. The van der Waals surface area contributed by atoms with Crippen molar-refractivity contribution in [1.82, 2.24) is 5.32 Å². The van der Waals surface area contributed by atoms with E-state index in [-0.39, 0.29) is 11.8 Å². The standard InChI is InChI=1S/C19H22FN3O2/c1-14-2-4-15(5-3-14)13-21-19(24)22-16-6-7-18(17(20)12-16)23-8-10-25-11-9-23/h2-7,12H,8-11,13H2,1H3,(H2,21,22,24). The zero-order valence-electron chi connectivity index (χ0n) is 14.2. The van der Waals surface area contributed by atoms with Crippen molar-refractivity contribution in [3.63, 3.8) is 0 Å². The van der Waals surface area contributed by atoms with Crippen molar-refractivity contribution in [2.45, 2.75) is 13.5 Å². The van der Waals surface area contributed by atoms with Gasteiger partial charge in [0.2, 0.25) is 0 Å². The smallest absolute Gasteiger partial charge is 0.319 e. The average Bonchev–Trinajstić information content (AvgIpc) is 2.62. The van der Waals surface area contributed by atoms with Crippen LogP contribution in [0.25, 0.3) is 0 Å². The maximum atomic E-state index is 14.3. The van der Waals surface area contributed by atoms with Crippen molar-refractivity contribution < 1.29 is 13.9 Å². The number of hydrogen-bond acceptors (Lipinski definition) is 3. The molecule has 0 spiro atoms. The van der Waals surface area contributed by atoms with Gasteiger partial charge in [0.05, 0.1) is 18.9 Å². The normalized spacial score (nSPS) is 14.2. The number of carbonyl (C=O) groups excluding carboxylic acids is 1. The van der Waals surface area contributed by atoms with E-state index < -0.39 is 0 Å². The van der Waals surface area contributed by atoms with Gasteiger partial charge in [-0.1, -0.05) is 29.8 Å². The Morgan fingerprint density at radius 2 is 1.88 bits per heavy atom. The monoisotopic (exact) mass is 343 g/mol. The molecule has 3 rings (SSSR count). The fourth-order valence-corrected chi connectivity index (χ4v) is 2.71. The molecule has 1 fully saturated rings. The van der Waals surface area contributed by atoms with Gasteiger partial charge < -0.3 is 20.3 Å². The van der Waals surface area contributed by atoms with Crippen LogP contribution in [0, 0.1) is 12.7 Å². The van der Waals surface area contributed by atoms with Gasteiger partial charge in [0, 0.05) is 25.3 Å². The molecule has 6 heteroatoms. The molecular formula is C19H22FN3O2. The molecule has 1 heterocycles. The maximum Gasteiger partial charge on any atom is 0.319 e. The van der Waals surface area contributed by atoms with Gasteiger partial charge >= 0.3 is 6.03 Å². The second-order valence-electron chi connectivity index (χ2n) is 6.06. The Bertz CT molecular complexity index is 728. The minimum absolute atomic E-state index is 0.349. The fraction of sp³-hybridized carbons (Fsp3) is 0.316. The summed E-state index contributed by atoms with van der Waals surface area (Å²) in [6.07, 6.45) is 0. The molecule has 1 aliphatic rings. The predicted octanol–water partition coefficient (Wildman–Crippen LogP) is 3.29. The lowest BCUT2D eigenvalue weighted by Gasteiger charge is -2.29. The molecule has 2 amide bonds. The number of ether oxygens (including phenoxy) is 1. The van der Waals surface area contributed by atoms with Crippen LogP contribution in [-0.2, 0) is 11.3 Å². The van der Waals surface area contributed by atoms with Gasteiger partial charge in [-0.15, -0.1) is 0 Å². The van der Waals surface area contributed by atoms with Gasteiger partial charge in [-0.25, -0.2) is 9.18 Å². The molecule has 0 bridgehead atoms. The first kappa shape index (κ1) is 17.2. The second kappa shape index (κ2) is 7.98. The minimum atomic E-state index is -0.362. The summed E-state index contributed by atoms with van der Waals surface area (Å²) in [5.74, 6) is -0.349. The van der Waals surface area contributed by atoms with Gasteiger partial charge in [0.15, 0.2) is 0 Å². The summed E-state index contributed by atoms with van der Waals surface area (Å²) >= 11 is 0. The van der Waals surface area contributed by atoms with Crippen molar-refractivity contribution in [1.29, 1.82) is 0 Å². The Balaban J connectivity index is 1.55. The summed E-state index contributed by atoms with van der Waals surface area (Å²) in [7, 11) is 0. The third kappa shape index (κ3) is 4.70. The third-order valence-corrected chi connectivity index (χ3v) is 4.13. The number of morpholine rings is 1. The number of hydrogen-bond donors (Lipinski definition) is 2. The van der Waals surface area contributed by atoms with Crippen LogP contribution in [0.3, 0.4) is 0 Å². The SMILES string of the molecule is Cc1ccc(CNC(=O)Nc2ccc(N3CCOCC3)c(F)c2)cc1. The van der Waals surface area contributed by atoms with E-state index in [4.69, 9.17) is 4.74 Å². The van der Waals surface area contributed by atoms with E-state index in [1.165, 1.54) is 11.6 Å². The number of amides is 2. The lowest BCUT2D eigenvalue weighted by atomic mass is 10.1. The maximum absolute atomic E-state index is 14.3. The summed E-state index contributed by atoms with van der Waals surface area (Å²) in [4.78, 5) is 13.9. The van der Waals surface area contributed by atoms with E-state index in [1.807, 2.05) is 36.1 Å². The molecule has 25 heavy (non-hydrogen) atoms. The fourth-order valence-electron chi connectivity index (χ4n) is 2.71. The number of nitrogens with zero attached hydrogens (tertiary/aromatic N) is 1. The number of nitrogens with one attached hydrogen (secondary N) is 2. The number of urea groups is 1. The molecule has 1 saturated heterocycles. The van der Waals surface area contributed by atoms with Crippen LogP contribution in [0.15, 0.2) is 42.5 Å². The molecule has 0 unspecified atom stereocenters. The molecule has 0 radical (unpaired) electrons. The van der Waals surface area contributed by atoms with Crippen molar-refractivity contribution in [2.24, 2.45) is 0 Å². The highest BCUT2D eigenvalue weighted by Gasteiger charge is 2.15. The lowest BCUT2D eigenvalue weighted by Crippen LogP contribution is -2.36. The van der Waals surface area contributed by atoms with Crippen LogP contribution in [0.2, 0.25) is 0 Å². The van der Waals surface area contributed by atoms with Crippen LogP contribution in [-0.4, -0.2) is 32.3 Å². The molecule has 1 aliphatic heterocycles. The molecule has 2 N–H and O–H groups in total. The van der Waals surface area contributed by atoms with E-state index in [0.717, 1.165) is 5.56 Å². The largest absolute Gasteiger partial charge is 0.378 e. The summed E-state index contributed by atoms with van der Waals surface area (Å²) in [5, 5.41) is 5.43. The van der Waals surface area contributed by atoms with Gasteiger partial charge in [-0.05, 0) is 30.7 Å². The quantitative estimate of drug-likeness (QED) is 0.896. The molecule has 0 aliphatic carbocycles. The first-order valence-electron chi connectivity index (χ1n) is 8.34. The summed E-state index contributed by atoms with van der Waals surface area (Å²) in [5.41, 5.74) is 3.14. The van der Waals surface area contributed by atoms with Crippen LogP contribution in [0.5, 0.6) is 0 Å². The summed E-state index contributed by atoms with van der Waals surface area (Å²) in [6.45, 7) is 4.96. The van der Waals surface area contributed by atoms with Crippen LogP contribution >= 0.6 is 0 Å². The van der Waals surface area contributed by atoms with Crippen LogP contribution < -0.4 is 15.5 Å². The first-order chi connectivity index (χ1) is 12.1. The Kier molecular flexibility index (Phi) is 5.50. The van der Waals surface area contributed by atoms with E-state index in [1.54, 1.807) is 12.1 Å².